The van der Waals surface area contributed by atoms with Gasteiger partial charge in [-0.25, -0.2) is 0 Å². The lowest BCUT2D eigenvalue weighted by Gasteiger charge is -2.33. The number of nitrogens with zero attached hydrogens (tertiary/aromatic N) is 1. The van der Waals surface area contributed by atoms with Gasteiger partial charge in [-0.1, -0.05) is 0 Å². The molecular formula is C11H22N2O4S. The lowest BCUT2D eigenvalue weighted by atomic mass is 10.1. The van der Waals surface area contributed by atoms with Crippen LogP contribution in [0.5, 0.6) is 0 Å². The first kappa shape index (κ1) is 15.4. The molecule has 1 unspecified atom stereocenters. The van der Waals surface area contributed by atoms with Crippen molar-refractivity contribution in [3.05, 3.63) is 0 Å². The Morgan fingerprint density at radius 1 is 1.44 bits per heavy atom. The summed E-state index contributed by atoms with van der Waals surface area (Å²) >= 11 is 0. The van der Waals surface area contributed by atoms with Crippen molar-refractivity contribution in [1.82, 2.24) is 9.03 Å². The third-order valence-corrected chi connectivity index (χ3v) is 4.53. The fourth-order valence-corrected chi connectivity index (χ4v) is 3.66. The Morgan fingerprint density at radius 2 is 2.11 bits per heavy atom. The normalized spacial score (nSPS) is 22.1. The summed E-state index contributed by atoms with van der Waals surface area (Å²) in [4.78, 5) is 11.8. The predicted octanol–water partition coefficient (Wildman–Crippen LogP) is 0.647. The minimum Gasteiger partial charge on any atom is -0.465 e. The minimum absolute atomic E-state index is 0.195. The molecule has 0 radical (unpaired) electrons. The number of rotatable bonds is 5. The van der Waals surface area contributed by atoms with Crippen molar-refractivity contribution in [3.63, 3.8) is 0 Å². The second kappa shape index (κ2) is 6.49. The maximum atomic E-state index is 12.1. The molecule has 0 aromatic heterocycles. The van der Waals surface area contributed by atoms with Crippen molar-refractivity contribution in [3.8, 4) is 0 Å². The molecule has 1 rings (SSSR count). The van der Waals surface area contributed by atoms with Crippen molar-refractivity contribution in [2.45, 2.75) is 52.1 Å². The molecule has 1 aliphatic rings. The third kappa shape index (κ3) is 3.93. The second-order valence-electron chi connectivity index (χ2n) is 4.65. The van der Waals surface area contributed by atoms with Crippen LogP contribution in [0.4, 0.5) is 0 Å². The number of ether oxygens (including phenoxy) is 1. The van der Waals surface area contributed by atoms with Crippen LogP contribution < -0.4 is 4.72 Å². The van der Waals surface area contributed by atoms with Gasteiger partial charge in [0.25, 0.3) is 10.2 Å². The van der Waals surface area contributed by atoms with Crippen LogP contribution in [0.2, 0.25) is 0 Å². The minimum atomic E-state index is -3.61. The van der Waals surface area contributed by atoms with E-state index in [9.17, 15) is 13.2 Å². The number of hydrogen-bond donors (Lipinski definition) is 1. The van der Waals surface area contributed by atoms with Gasteiger partial charge in [0.05, 0.1) is 6.61 Å². The summed E-state index contributed by atoms with van der Waals surface area (Å²) in [6.07, 6.45) is 2.14. The molecule has 0 aliphatic carbocycles. The topological polar surface area (TPSA) is 75.7 Å². The van der Waals surface area contributed by atoms with Crippen LogP contribution in [0.3, 0.4) is 0 Å². The molecule has 18 heavy (non-hydrogen) atoms. The van der Waals surface area contributed by atoms with Gasteiger partial charge in [0, 0.05) is 12.6 Å². The number of carbonyl (C=O) groups is 1. The molecule has 106 valence electrons. The molecule has 1 aliphatic heterocycles. The van der Waals surface area contributed by atoms with E-state index in [-0.39, 0.29) is 12.6 Å². The zero-order valence-corrected chi connectivity index (χ0v) is 12.0. The molecule has 0 aromatic rings. The Labute approximate surface area is 109 Å². The molecule has 1 atom stereocenters. The van der Waals surface area contributed by atoms with Crippen LogP contribution in [0.25, 0.3) is 0 Å². The van der Waals surface area contributed by atoms with Gasteiger partial charge in [-0.15, -0.1) is 0 Å². The van der Waals surface area contributed by atoms with E-state index in [1.165, 1.54) is 4.31 Å². The van der Waals surface area contributed by atoms with E-state index in [0.717, 1.165) is 12.8 Å². The highest BCUT2D eigenvalue weighted by molar-refractivity contribution is 7.87. The summed E-state index contributed by atoms with van der Waals surface area (Å²) < 4.78 is 32.9. The van der Waals surface area contributed by atoms with E-state index in [1.807, 2.05) is 0 Å². The summed E-state index contributed by atoms with van der Waals surface area (Å²) in [6.45, 7) is 5.85. The predicted molar refractivity (Wildman–Crippen MR) is 68.2 cm³/mol. The van der Waals surface area contributed by atoms with Crippen LogP contribution in [-0.2, 0) is 19.7 Å². The van der Waals surface area contributed by atoms with Gasteiger partial charge in [-0.3, -0.25) is 4.79 Å². The van der Waals surface area contributed by atoms with Gasteiger partial charge in [0.15, 0.2) is 0 Å². The summed E-state index contributed by atoms with van der Waals surface area (Å²) in [5, 5.41) is 0. The average Bonchev–Trinajstić information content (AvgIpc) is 2.27. The molecule has 0 spiro atoms. The van der Waals surface area contributed by atoms with Crippen molar-refractivity contribution in [2.24, 2.45) is 0 Å². The van der Waals surface area contributed by atoms with Gasteiger partial charge in [0.2, 0.25) is 0 Å². The Bertz CT molecular complexity index is 381. The molecule has 1 saturated heterocycles. The molecule has 0 saturated carbocycles. The fraction of sp³-hybridized carbons (Fsp3) is 0.909. The Balaban J connectivity index is 2.85. The zero-order valence-electron chi connectivity index (χ0n) is 11.2. The monoisotopic (exact) mass is 278 g/mol. The summed E-state index contributed by atoms with van der Waals surface area (Å²) in [5.74, 6) is -0.452. The van der Waals surface area contributed by atoms with Crippen molar-refractivity contribution in [2.75, 3.05) is 13.2 Å². The van der Waals surface area contributed by atoms with Crippen LogP contribution in [0.15, 0.2) is 0 Å². The smallest absolute Gasteiger partial charge is 0.324 e. The SMILES string of the molecule is CCOC(=O)C1CCCCN1S(=O)(=O)NC(C)C. The molecule has 0 bridgehead atoms. The maximum absolute atomic E-state index is 12.1. The molecule has 1 heterocycles. The highest BCUT2D eigenvalue weighted by atomic mass is 32.2. The molecule has 0 aromatic carbocycles. The number of piperidine rings is 1. The first-order chi connectivity index (χ1) is 8.38. The number of hydrogen-bond acceptors (Lipinski definition) is 4. The molecule has 6 nitrogen and oxygen atoms in total. The molecule has 7 heteroatoms. The van der Waals surface area contributed by atoms with Gasteiger partial charge < -0.3 is 4.74 Å². The van der Waals surface area contributed by atoms with E-state index >= 15 is 0 Å². The standard InChI is InChI=1S/C11H22N2O4S/c1-4-17-11(14)10-7-5-6-8-13(10)18(15,16)12-9(2)3/h9-10,12H,4-8H2,1-3H3. The van der Waals surface area contributed by atoms with E-state index in [0.29, 0.717) is 13.0 Å². The quantitative estimate of drug-likeness (QED) is 0.749. The van der Waals surface area contributed by atoms with Crippen LogP contribution in [0, 0.1) is 0 Å². The third-order valence-electron chi connectivity index (χ3n) is 2.71. The summed E-state index contributed by atoms with van der Waals surface area (Å²) in [6, 6.07) is -0.880. The van der Waals surface area contributed by atoms with Gasteiger partial charge in [-0.2, -0.15) is 17.4 Å². The average molecular weight is 278 g/mol. The van der Waals surface area contributed by atoms with Crippen LogP contribution in [0.1, 0.15) is 40.0 Å². The highest BCUT2D eigenvalue weighted by Gasteiger charge is 2.37. The van der Waals surface area contributed by atoms with E-state index in [2.05, 4.69) is 4.72 Å². The molecule has 1 N–H and O–H groups in total. The van der Waals surface area contributed by atoms with Gasteiger partial charge in [-0.05, 0) is 40.0 Å². The first-order valence-electron chi connectivity index (χ1n) is 6.34. The number of esters is 1. The van der Waals surface area contributed by atoms with Crippen molar-refractivity contribution in [1.29, 1.82) is 0 Å². The Kier molecular flexibility index (Phi) is 5.55. The van der Waals surface area contributed by atoms with Gasteiger partial charge >= 0.3 is 5.97 Å². The summed E-state index contributed by atoms with van der Waals surface area (Å²) in [7, 11) is -3.61. The molecule has 0 amide bonds. The maximum Gasteiger partial charge on any atom is 0.324 e. The number of carbonyl (C=O) groups excluding carboxylic acids is 1. The number of nitrogens with one attached hydrogen (secondary N) is 1. The largest absolute Gasteiger partial charge is 0.465 e. The Morgan fingerprint density at radius 3 is 2.67 bits per heavy atom. The summed E-state index contributed by atoms with van der Waals surface area (Å²) in [5.41, 5.74) is 0. The molecule has 1 fully saturated rings. The molecular weight excluding hydrogens is 256 g/mol. The van der Waals surface area contributed by atoms with Gasteiger partial charge in [0.1, 0.15) is 6.04 Å². The lowest BCUT2D eigenvalue weighted by Crippen LogP contribution is -2.53. The van der Waals surface area contributed by atoms with Crippen molar-refractivity contribution < 1.29 is 17.9 Å². The fourth-order valence-electron chi connectivity index (χ4n) is 2.03. The highest BCUT2D eigenvalue weighted by Crippen LogP contribution is 2.21. The van der Waals surface area contributed by atoms with Crippen LogP contribution >= 0.6 is 0 Å². The lowest BCUT2D eigenvalue weighted by molar-refractivity contribution is -0.148. The van der Waals surface area contributed by atoms with E-state index in [1.54, 1.807) is 20.8 Å². The Hall–Kier alpha value is -0.660. The second-order valence-corrected chi connectivity index (χ2v) is 6.31. The first-order valence-corrected chi connectivity index (χ1v) is 7.78. The zero-order chi connectivity index (χ0) is 13.8. The van der Waals surface area contributed by atoms with E-state index in [4.69, 9.17) is 4.74 Å². The van der Waals surface area contributed by atoms with Crippen LogP contribution in [-0.4, -0.2) is 43.9 Å². The van der Waals surface area contributed by atoms with Crippen molar-refractivity contribution >= 4 is 16.2 Å². The van der Waals surface area contributed by atoms with E-state index < -0.39 is 22.2 Å².